The zero-order chi connectivity index (χ0) is 39.6. The van der Waals surface area contributed by atoms with Crippen molar-refractivity contribution in [2.75, 3.05) is 31.5 Å². The number of anilines is 1. The Hall–Kier alpha value is -6.58. The van der Waals surface area contributed by atoms with Crippen molar-refractivity contribution in [1.29, 1.82) is 0 Å². The Balaban J connectivity index is 1.16. The Bertz CT molecular complexity index is 2260. The summed E-state index contributed by atoms with van der Waals surface area (Å²) in [6, 6.07) is 20.6. The fourth-order valence-corrected chi connectivity index (χ4v) is 6.59. The summed E-state index contributed by atoms with van der Waals surface area (Å²) in [5, 5.41) is 26.6. The van der Waals surface area contributed by atoms with E-state index >= 15 is 0 Å². The number of nitrogens with zero attached hydrogens (tertiary/aromatic N) is 5. The van der Waals surface area contributed by atoms with Gasteiger partial charge in [0, 0.05) is 53.9 Å². The van der Waals surface area contributed by atoms with E-state index in [1.54, 1.807) is 62.1 Å². The van der Waals surface area contributed by atoms with Gasteiger partial charge in [-0.05, 0) is 91.7 Å². The maximum Gasteiger partial charge on any atom is 0.410 e. The Labute approximate surface area is 320 Å². The molecule has 14 nitrogen and oxygen atoms in total. The first-order valence-electron chi connectivity index (χ1n) is 18.0. The monoisotopic (exact) mass is 767 g/mol. The number of aromatic amines is 1. The van der Waals surface area contributed by atoms with Crippen LogP contribution in [0.4, 0.5) is 24.1 Å². The number of carboxylic acid groups (broad SMARTS) is 1. The van der Waals surface area contributed by atoms with Crippen molar-refractivity contribution < 1.29 is 42.5 Å². The van der Waals surface area contributed by atoms with Gasteiger partial charge >= 0.3 is 12.2 Å². The van der Waals surface area contributed by atoms with Crippen LogP contribution in [0.3, 0.4) is 0 Å². The number of ether oxygens (including phenoxy) is 3. The molecule has 3 amide bonds. The number of amides is 3. The molecule has 2 aliphatic rings. The van der Waals surface area contributed by atoms with Crippen LogP contribution in [0.2, 0.25) is 0 Å². The van der Waals surface area contributed by atoms with Crippen LogP contribution in [0.15, 0.2) is 78.9 Å². The van der Waals surface area contributed by atoms with Gasteiger partial charge in [-0.1, -0.05) is 24.3 Å². The minimum atomic E-state index is -1.06. The number of halogens is 2. The Morgan fingerprint density at radius 3 is 2.12 bits per heavy atom. The summed E-state index contributed by atoms with van der Waals surface area (Å²) in [6.07, 6.45) is -1.25. The van der Waals surface area contributed by atoms with Gasteiger partial charge in [0.05, 0.1) is 13.1 Å². The molecule has 2 fully saturated rings. The second kappa shape index (κ2) is 15.6. The predicted molar refractivity (Wildman–Crippen MR) is 200 cm³/mol. The maximum atomic E-state index is 14.5. The first-order chi connectivity index (χ1) is 26.8. The molecule has 4 aromatic carbocycles. The highest BCUT2D eigenvalue weighted by Crippen LogP contribution is 2.37. The number of rotatable bonds is 9. The van der Waals surface area contributed by atoms with Gasteiger partial charge in [0.15, 0.2) is 11.6 Å². The number of hydrogen-bond acceptors (Lipinski definition) is 9. The summed E-state index contributed by atoms with van der Waals surface area (Å²) in [7, 11) is 0. The minimum Gasteiger partial charge on any atom is -0.488 e. The smallest absolute Gasteiger partial charge is 0.410 e. The number of carbonyl (C=O) groups excluding carboxylic acids is 2. The van der Waals surface area contributed by atoms with Gasteiger partial charge in [-0.3, -0.25) is 4.79 Å². The SMILES string of the molecule is CC(C)(C)OC(=O)N1CC[C@H](Oc2ccc(C(=O)Nc3ccc(O[C@@H]4CCN(C(=O)O)C4)c(-c4cccc(-c5nn[nH]n5)c4)c3)cc2-c2ccc(F)c(F)c2)C1. The fraction of sp³-hybridized carbons (Fsp3) is 0.300. The van der Waals surface area contributed by atoms with E-state index in [2.05, 4.69) is 25.9 Å². The lowest BCUT2D eigenvalue weighted by Gasteiger charge is -2.24. The van der Waals surface area contributed by atoms with Crippen molar-refractivity contribution in [3.63, 3.8) is 0 Å². The largest absolute Gasteiger partial charge is 0.488 e. The Morgan fingerprint density at radius 2 is 1.46 bits per heavy atom. The van der Waals surface area contributed by atoms with Crippen LogP contribution in [-0.4, -0.2) is 97.6 Å². The summed E-state index contributed by atoms with van der Waals surface area (Å²) >= 11 is 0. The van der Waals surface area contributed by atoms with Gasteiger partial charge in [-0.15, -0.1) is 10.2 Å². The third-order valence-corrected chi connectivity index (χ3v) is 9.29. The van der Waals surface area contributed by atoms with E-state index in [4.69, 9.17) is 14.2 Å². The molecule has 1 aromatic heterocycles. The molecular formula is C40H39F2N7O7. The number of likely N-dealkylation sites (tertiary alicyclic amines) is 2. The van der Waals surface area contributed by atoms with E-state index in [1.165, 1.54) is 11.0 Å². The number of benzene rings is 4. The average molecular weight is 768 g/mol. The summed E-state index contributed by atoms with van der Waals surface area (Å²) in [6.45, 7) is 6.59. The first-order valence-corrected chi connectivity index (χ1v) is 18.0. The molecule has 2 aliphatic heterocycles. The molecule has 290 valence electrons. The first kappa shape index (κ1) is 37.7. The highest BCUT2D eigenvalue weighted by atomic mass is 19.2. The van der Waals surface area contributed by atoms with Gasteiger partial charge in [0.25, 0.3) is 5.91 Å². The van der Waals surface area contributed by atoms with E-state index in [1.807, 2.05) is 24.3 Å². The topological polar surface area (TPSA) is 172 Å². The number of H-pyrrole nitrogens is 1. The Morgan fingerprint density at radius 1 is 0.804 bits per heavy atom. The molecule has 56 heavy (non-hydrogen) atoms. The second-order valence-electron chi connectivity index (χ2n) is 14.5. The predicted octanol–water partition coefficient (Wildman–Crippen LogP) is 7.25. The number of tetrazole rings is 1. The van der Waals surface area contributed by atoms with Crippen LogP contribution in [0.1, 0.15) is 44.0 Å². The highest BCUT2D eigenvalue weighted by Gasteiger charge is 2.32. The van der Waals surface area contributed by atoms with Gasteiger partial charge in [0.2, 0.25) is 5.82 Å². The quantitative estimate of drug-likeness (QED) is 0.139. The maximum absolute atomic E-state index is 14.5. The van der Waals surface area contributed by atoms with Gasteiger partial charge < -0.3 is 34.4 Å². The number of carbonyl (C=O) groups is 3. The van der Waals surface area contributed by atoms with Gasteiger partial charge in [-0.25, -0.2) is 18.4 Å². The Kier molecular flexibility index (Phi) is 10.5. The molecule has 0 unspecified atom stereocenters. The van der Waals surface area contributed by atoms with Crippen LogP contribution in [0.5, 0.6) is 11.5 Å². The standard InChI is InChI=1S/C40H39F2N7O7/c1-40(2,3)56-39(53)49-16-14-29(22-49)55-34-11-8-26(18-30(34)24-7-10-32(41)33(42)19-24)37(50)43-27-9-12-35(54-28-13-15-48(21-28)38(51)52)31(20-27)23-5-4-6-25(17-23)36-44-46-47-45-36/h4-12,17-20,28-29H,13-16,21-22H2,1-3H3,(H,43,50)(H,51,52)(H,44,45,46,47)/t28-,29+/m1/s1. The minimum absolute atomic E-state index is 0.207. The van der Waals surface area contributed by atoms with Crippen LogP contribution in [-0.2, 0) is 4.74 Å². The third-order valence-electron chi connectivity index (χ3n) is 9.29. The van der Waals surface area contributed by atoms with E-state index < -0.39 is 41.4 Å². The molecule has 3 N–H and O–H groups in total. The van der Waals surface area contributed by atoms with Crippen molar-refractivity contribution in [2.45, 2.75) is 51.4 Å². The van der Waals surface area contributed by atoms with Crippen LogP contribution >= 0.6 is 0 Å². The molecule has 3 heterocycles. The lowest BCUT2D eigenvalue weighted by Crippen LogP contribution is -2.36. The van der Waals surface area contributed by atoms with Crippen molar-refractivity contribution in [1.82, 2.24) is 30.4 Å². The molecule has 5 aromatic rings. The second-order valence-corrected chi connectivity index (χ2v) is 14.5. The summed E-state index contributed by atoms with van der Waals surface area (Å²) in [4.78, 5) is 40.9. The van der Waals surface area contributed by atoms with Crippen LogP contribution in [0, 0.1) is 11.6 Å². The third kappa shape index (κ3) is 8.69. The molecule has 0 spiro atoms. The summed E-state index contributed by atoms with van der Waals surface area (Å²) in [5.41, 5.74) is 2.61. The zero-order valence-corrected chi connectivity index (χ0v) is 30.8. The molecule has 2 saturated heterocycles. The number of aromatic nitrogens is 4. The molecule has 0 bridgehead atoms. The molecule has 0 aliphatic carbocycles. The van der Waals surface area contributed by atoms with Gasteiger partial charge in [-0.2, -0.15) is 5.21 Å². The lowest BCUT2D eigenvalue weighted by molar-refractivity contribution is 0.0275. The average Bonchev–Trinajstić information content (AvgIpc) is 3.97. The number of hydrogen-bond donors (Lipinski definition) is 3. The zero-order valence-electron chi connectivity index (χ0n) is 30.8. The molecule has 0 saturated carbocycles. The molecule has 16 heteroatoms. The normalized spacial score (nSPS) is 16.8. The molecule has 2 atom stereocenters. The highest BCUT2D eigenvalue weighted by molar-refractivity contribution is 6.05. The molecular weight excluding hydrogens is 728 g/mol. The van der Waals surface area contributed by atoms with Crippen molar-refractivity contribution in [3.8, 4) is 45.1 Å². The van der Waals surface area contributed by atoms with E-state index in [9.17, 15) is 28.3 Å². The van der Waals surface area contributed by atoms with Crippen LogP contribution in [0.25, 0.3) is 33.6 Å². The van der Waals surface area contributed by atoms with Crippen molar-refractivity contribution >= 4 is 23.8 Å². The fourth-order valence-electron chi connectivity index (χ4n) is 6.59. The summed E-state index contributed by atoms with van der Waals surface area (Å²) in [5.74, 6) is -1.40. The lowest BCUT2D eigenvalue weighted by atomic mass is 10.00. The van der Waals surface area contributed by atoms with E-state index in [0.717, 1.165) is 12.1 Å². The summed E-state index contributed by atoms with van der Waals surface area (Å²) < 4.78 is 46.7. The van der Waals surface area contributed by atoms with Crippen LogP contribution < -0.4 is 14.8 Å². The molecule has 7 rings (SSSR count). The van der Waals surface area contributed by atoms with Crippen molar-refractivity contribution in [3.05, 3.63) is 96.1 Å². The van der Waals surface area contributed by atoms with E-state index in [0.29, 0.717) is 71.2 Å². The van der Waals surface area contributed by atoms with E-state index in [-0.39, 0.29) is 30.3 Å². The van der Waals surface area contributed by atoms with Crippen molar-refractivity contribution in [2.24, 2.45) is 0 Å². The van der Waals surface area contributed by atoms with Gasteiger partial charge in [0.1, 0.15) is 29.3 Å². The number of nitrogens with one attached hydrogen (secondary N) is 2. The molecule has 0 radical (unpaired) electrons.